The van der Waals surface area contributed by atoms with E-state index in [-0.39, 0.29) is 13.0 Å². The first-order valence-electron chi connectivity index (χ1n) is 28.7. The Hall–Kier alpha value is -1.29. The number of carboxylic acid groups (broad SMARTS) is 1. The van der Waals surface area contributed by atoms with Gasteiger partial charge in [-0.3, -0.25) is 18.6 Å². The van der Waals surface area contributed by atoms with Crippen LogP contribution >= 0.6 is 7.82 Å². The van der Waals surface area contributed by atoms with Crippen molar-refractivity contribution in [3.63, 3.8) is 0 Å². The van der Waals surface area contributed by atoms with E-state index in [4.69, 9.17) is 29.4 Å². The average Bonchev–Trinajstić information content (AvgIpc) is 3.31. The minimum Gasteiger partial charge on any atom is -0.480 e. The summed E-state index contributed by atoms with van der Waals surface area (Å²) in [5.74, 6) is -1.76. The van der Waals surface area contributed by atoms with E-state index < -0.39 is 45.1 Å². The van der Waals surface area contributed by atoms with Crippen molar-refractivity contribution in [3.8, 4) is 0 Å². The molecule has 67 heavy (non-hydrogen) atoms. The number of esters is 1. The lowest BCUT2D eigenvalue weighted by Crippen LogP contribution is -2.34. The van der Waals surface area contributed by atoms with Gasteiger partial charge in [-0.1, -0.05) is 264 Å². The van der Waals surface area contributed by atoms with Gasteiger partial charge in [-0.05, 0) is 38.5 Å². The maximum Gasteiger partial charge on any atom is 0.472 e. The summed E-state index contributed by atoms with van der Waals surface area (Å²) in [7, 11) is -4.62. The molecule has 0 amide bonds. The Balaban J connectivity index is 4.03. The Bertz CT molecular complexity index is 1120. The number of phosphoric ester groups is 1. The first-order valence-corrected chi connectivity index (χ1v) is 30.2. The molecule has 0 fully saturated rings. The number of hydrogen-bond acceptors (Lipinski definition) is 8. The highest BCUT2D eigenvalue weighted by atomic mass is 31.2. The lowest BCUT2D eigenvalue weighted by molar-refractivity contribution is -0.154. The molecule has 10 nitrogen and oxygen atoms in total. The monoisotopic (exact) mass is 972 g/mol. The van der Waals surface area contributed by atoms with E-state index >= 15 is 0 Å². The van der Waals surface area contributed by atoms with Gasteiger partial charge in [-0.2, -0.15) is 0 Å². The summed E-state index contributed by atoms with van der Waals surface area (Å²) >= 11 is 0. The number of phosphoric acid groups is 1. The normalized spacial score (nSPS) is 13.6. The van der Waals surface area contributed by atoms with Crippen molar-refractivity contribution < 1.29 is 42.7 Å². The molecule has 0 aliphatic carbocycles. The molecule has 0 saturated carbocycles. The molecule has 398 valence electrons. The first kappa shape index (κ1) is 65.7. The molecule has 0 heterocycles. The highest BCUT2D eigenvalue weighted by molar-refractivity contribution is 7.47. The van der Waals surface area contributed by atoms with Crippen LogP contribution < -0.4 is 5.73 Å². The third-order valence-electron chi connectivity index (χ3n) is 13.0. The fourth-order valence-corrected chi connectivity index (χ4v) is 9.38. The number of nitrogens with two attached hydrogens (primary N) is 1. The number of hydrogen-bond donors (Lipinski definition) is 3. The predicted molar refractivity (Wildman–Crippen MR) is 282 cm³/mol. The number of allylic oxidation sites excluding steroid dienone is 2. The molecule has 4 N–H and O–H groups in total. The number of ether oxygens (including phenoxy) is 2. The maximum absolute atomic E-state index is 12.7. The van der Waals surface area contributed by atoms with Gasteiger partial charge in [-0.15, -0.1) is 0 Å². The highest BCUT2D eigenvalue weighted by Crippen LogP contribution is 2.43. The molecule has 0 aromatic heterocycles. The Labute approximate surface area is 413 Å². The Morgan fingerprint density at radius 1 is 0.463 bits per heavy atom. The van der Waals surface area contributed by atoms with Gasteiger partial charge >= 0.3 is 19.8 Å². The zero-order chi connectivity index (χ0) is 49.0. The smallest absolute Gasteiger partial charge is 0.472 e. The molecule has 3 atom stereocenters. The summed E-state index contributed by atoms with van der Waals surface area (Å²) in [6.45, 7) is 3.96. The molecule has 11 heteroatoms. The number of carboxylic acids is 1. The summed E-state index contributed by atoms with van der Waals surface area (Å²) in [5.41, 5.74) is 5.39. The molecule has 0 aromatic carbocycles. The van der Waals surface area contributed by atoms with Crippen LogP contribution in [-0.2, 0) is 32.7 Å². The molecule has 0 aliphatic rings. The van der Waals surface area contributed by atoms with Crippen LogP contribution in [0.25, 0.3) is 0 Å². The molecule has 0 radical (unpaired) electrons. The van der Waals surface area contributed by atoms with Crippen molar-refractivity contribution in [1.82, 2.24) is 0 Å². The van der Waals surface area contributed by atoms with E-state index in [2.05, 4.69) is 26.0 Å². The topological polar surface area (TPSA) is 155 Å². The molecule has 3 unspecified atom stereocenters. The molecule has 0 spiro atoms. The second-order valence-corrected chi connectivity index (χ2v) is 21.2. The lowest BCUT2D eigenvalue weighted by atomic mass is 10.0. The molecule has 0 saturated heterocycles. The largest absolute Gasteiger partial charge is 0.480 e. The summed E-state index contributed by atoms with van der Waals surface area (Å²) in [5, 5.41) is 8.95. The standard InChI is InChI=1S/C56H110NO9P/c1-3-5-7-9-11-13-15-17-19-21-23-25-27-28-30-32-34-36-38-40-42-44-46-48-55(58)66-53(51-64-67(61,62)65-52-54(57)56(59)60)50-63-49-47-45-43-41-39-37-35-33-31-29-26-24-22-20-18-16-14-12-10-8-6-4-2/h22,24,53-54H,3-21,23,25-52,57H2,1-2H3,(H,59,60)(H,61,62)/b24-22-. The van der Waals surface area contributed by atoms with Crippen molar-refractivity contribution >= 4 is 19.8 Å². The van der Waals surface area contributed by atoms with Crippen LogP contribution in [-0.4, -0.2) is 60.5 Å². The number of carbonyl (C=O) groups is 2. The van der Waals surface area contributed by atoms with Gasteiger partial charge in [0.15, 0.2) is 0 Å². The van der Waals surface area contributed by atoms with Crippen molar-refractivity contribution in [2.75, 3.05) is 26.4 Å². The van der Waals surface area contributed by atoms with Gasteiger partial charge in [0.2, 0.25) is 0 Å². The fourth-order valence-electron chi connectivity index (χ4n) is 8.60. The van der Waals surface area contributed by atoms with Crippen molar-refractivity contribution in [2.24, 2.45) is 5.73 Å². The van der Waals surface area contributed by atoms with Gasteiger partial charge in [0.05, 0.1) is 19.8 Å². The van der Waals surface area contributed by atoms with Crippen LogP contribution in [0.4, 0.5) is 0 Å². The number of rotatable bonds is 56. The second-order valence-electron chi connectivity index (χ2n) is 19.8. The van der Waals surface area contributed by atoms with Crippen molar-refractivity contribution in [3.05, 3.63) is 12.2 Å². The lowest BCUT2D eigenvalue weighted by Gasteiger charge is -2.20. The van der Waals surface area contributed by atoms with Crippen LogP contribution in [0.5, 0.6) is 0 Å². The van der Waals surface area contributed by atoms with Gasteiger partial charge in [0, 0.05) is 13.0 Å². The Morgan fingerprint density at radius 2 is 0.776 bits per heavy atom. The maximum atomic E-state index is 12.7. The van der Waals surface area contributed by atoms with Crippen LogP contribution in [0.3, 0.4) is 0 Å². The number of unbranched alkanes of at least 4 members (excludes halogenated alkanes) is 40. The van der Waals surface area contributed by atoms with Gasteiger partial charge < -0.3 is 25.2 Å². The number of aliphatic carboxylic acids is 1. The summed E-state index contributed by atoms with van der Waals surface area (Å²) in [6.07, 6.45) is 60.0. The van der Waals surface area contributed by atoms with Crippen LogP contribution in [0.1, 0.15) is 296 Å². The first-order chi connectivity index (χ1) is 32.7. The zero-order valence-electron chi connectivity index (χ0n) is 44.0. The van der Waals surface area contributed by atoms with Gasteiger partial charge in [0.1, 0.15) is 12.1 Å². The van der Waals surface area contributed by atoms with Crippen molar-refractivity contribution in [1.29, 1.82) is 0 Å². The molecule has 0 rings (SSSR count). The Morgan fingerprint density at radius 3 is 1.13 bits per heavy atom. The molecular weight excluding hydrogens is 862 g/mol. The van der Waals surface area contributed by atoms with Crippen LogP contribution in [0.15, 0.2) is 12.2 Å². The van der Waals surface area contributed by atoms with E-state index in [1.807, 2.05) is 0 Å². The van der Waals surface area contributed by atoms with Crippen LogP contribution in [0.2, 0.25) is 0 Å². The predicted octanol–water partition coefficient (Wildman–Crippen LogP) is 17.2. The molecule has 0 aromatic rings. The fraction of sp³-hybridized carbons (Fsp3) is 0.929. The minimum atomic E-state index is -4.62. The van der Waals surface area contributed by atoms with E-state index in [0.717, 1.165) is 38.5 Å². The zero-order valence-corrected chi connectivity index (χ0v) is 44.9. The minimum absolute atomic E-state index is 0.0226. The molecule has 0 bridgehead atoms. The third-order valence-corrected chi connectivity index (χ3v) is 14.0. The van der Waals surface area contributed by atoms with Gasteiger partial charge in [-0.25, -0.2) is 4.57 Å². The third kappa shape index (κ3) is 52.4. The molecular formula is C56H110NO9P. The SMILES string of the molecule is CCCCCCCCCC/C=C\CCCCCCCCCCCCOCC(COP(=O)(O)OCC(N)C(=O)O)OC(=O)CCCCCCCCCCCCCCCCCCCCCCCCC. The van der Waals surface area contributed by atoms with E-state index in [0.29, 0.717) is 6.61 Å². The second kappa shape index (κ2) is 52.5. The summed E-state index contributed by atoms with van der Waals surface area (Å²) < 4.78 is 33.6. The van der Waals surface area contributed by atoms with E-state index in [1.165, 1.54) is 238 Å². The quantitative estimate of drug-likeness (QED) is 0.0232. The molecule has 0 aliphatic heterocycles. The highest BCUT2D eigenvalue weighted by Gasteiger charge is 2.27. The summed E-state index contributed by atoms with van der Waals surface area (Å²) in [6, 6.07) is -1.47. The van der Waals surface area contributed by atoms with Gasteiger partial charge in [0.25, 0.3) is 0 Å². The van der Waals surface area contributed by atoms with E-state index in [1.54, 1.807) is 0 Å². The average molecular weight is 972 g/mol. The van der Waals surface area contributed by atoms with Crippen LogP contribution in [0, 0.1) is 0 Å². The van der Waals surface area contributed by atoms with E-state index in [9.17, 15) is 19.0 Å². The number of carbonyl (C=O) groups excluding carboxylic acids is 1. The summed E-state index contributed by atoms with van der Waals surface area (Å²) in [4.78, 5) is 33.8. The Kier molecular flexibility index (Phi) is 51.5. The van der Waals surface area contributed by atoms with Crippen molar-refractivity contribution in [2.45, 2.75) is 309 Å².